The van der Waals surface area contributed by atoms with E-state index in [4.69, 9.17) is 0 Å². The highest BCUT2D eigenvalue weighted by Gasteiger charge is 2.25. The molecule has 0 radical (unpaired) electrons. The van der Waals surface area contributed by atoms with Gasteiger partial charge in [-0.3, -0.25) is 4.79 Å². The minimum atomic E-state index is -1.05. The van der Waals surface area contributed by atoms with Crippen LogP contribution in [0.15, 0.2) is 30.5 Å². The number of hydrogen-bond acceptors (Lipinski definition) is 3. The first kappa shape index (κ1) is 17.4. The lowest BCUT2D eigenvalue weighted by Gasteiger charge is -2.18. The van der Waals surface area contributed by atoms with E-state index >= 15 is 0 Å². The molecule has 2 aromatic rings. The molecule has 1 aromatic carbocycles. The number of amides is 1. The van der Waals surface area contributed by atoms with Crippen molar-refractivity contribution in [3.05, 3.63) is 36.0 Å². The van der Waals surface area contributed by atoms with Crippen LogP contribution in [-0.4, -0.2) is 33.3 Å². The van der Waals surface area contributed by atoms with Crippen molar-refractivity contribution in [1.29, 1.82) is 0 Å². The molecule has 5 nitrogen and oxygen atoms in total. The minimum Gasteiger partial charge on any atom is -0.480 e. The topological polar surface area (TPSA) is 82.2 Å². The number of carbonyl (C=O) groups excluding carboxylic acids is 1. The molecule has 23 heavy (non-hydrogen) atoms. The molecule has 0 spiro atoms. The Hall–Kier alpha value is -1.95. The fraction of sp³-hybridized carbons (Fsp3) is 0.412. The van der Waals surface area contributed by atoms with Crippen molar-refractivity contribution in [2.24, 2.45) is 5.92 Å². The van der Waals surface area contributed by atoms with Gasteiger partial charge in [-0.2, -0.15) is 12.6 Å². The van der Waals surface area contributed by atoms with E-state index in [0.717, 1.165) is 16.5 Å². The summed E-state index contributed by atoms with van der Waals surface area (Å²) in [6.45, 7) is 3.99. The van der Waals surface area contributed by atoms with Gasteiger partial charge in [0.05, 0.1) is 5.25 Å². The summed E-state index contributed by atoms with van der Waals surface area (Å²) in [6, 6.07) is 6.71. The summed E-state index contributed by atoms with van der Waals surface area (Å²) in [5.74, 6) is -1.07. The van der Waals surface area contributed by atoms with Gasteiger partial charge in [-0.25, -0.2) is 4.79 Å². The third-order valence-corrected chi connectivity index (χ3v) is 4.16. The number of aliphatic carboxylic acids is 1. The number of carboxylic acids is 1. The van der Waals surface area contributed by atoms with Gasteiger partial charge in [0.2, 0.25) is 5.91 Å². The highest BCUT2D eigenvalue weighted by Crippen LogP contribution is 2.19. The van der Waals surface area contributed by atoms with Crippen LogP contribution in [0.5, 0.6) is 0 Å². The third-order valence-electron chi connectivity index (χ3n) is 3.71. The summed E-state index contributed by atoms with van der Waals surface area (Å²) >= 11 is 4.27. The standard InChI is InChI=1S/C17H22N2O3S/c1-10(2)7-15(23)16(20)19-14(17(21)22)8-11-9-18-13-6-4-3-5-12(11)13/h3-6,9-10,14-15,18,23H,7-8H2,1-2H3,(H,19,20)(H,21,22)/t14-,15+/m0/s1. The van der Waals surface area contributed by atoms with Crippen LogP contribution in [0.1, 0.15) is 25.8 Å². The van der Waals surface area contributed by atoms with E-state index in [1.807, 2.05) is 38.1 Å². The smallest absolute Gasteiger partial charge is 0.326 e. The lowest BCUT2D eigenvalue weighted by molar-refractivity contribution is -0.141. The summed E-state index contributed by atoms with van der Waals surface area (Å²) in [7, 11) is 0. The van der Waals surface area contributed by atoms with Crippen molar-refractivity contribution in [2.75, 3.05) is 0 Å². The predicted octanol–water partition coefficient (Wildman–Crippen LogP) is 2.62. The zero-order chi connectivity index (χ0) is 17.0. The Morgan fingerprint density at radius 1 is 1.30 bits per heavy atom. The van der Waals surface area contributed by atoms with Crippen molar-refractivity contribution in [1.82, 2.24) is 10.3 Å². The number of carboxylic acid groups (broad SMARTS) is 1. The van der Waals surface area contributed by atoms with Crippen LogP contribution in [0, 0.1) is 5.92 Å². The highest BCUT2D eigenvalue weighted by atomic mass is 32.1. The summed E-state index contributed by atoms with van der Waals surface area (Å²) in [5.41, 5.74) is 1.82. The molecule has 6 heteroatoms. The Morgan fingerprint density at radius 2 is 2.00 bits per heavy atom. The average molecular weight is 334 g/mol. The maximum atomic E-state index is 12.1. The number of aromatic amines is 1. The first-order valence-corrected chi connectivity index (χ1v) is 8.16. The van der Waals surface area contributed by atoms with Crippen LogP contribution >= 0.6 is 12.6 Å². The normalized spacial score (nSPS) is 13.9. The van der Waals surface area contributed by atoms with E-state index < -0.39 is 17.3 Å². The van der Waals surface area contributed by atoms with Crippen LogP contribution < -0.4 is 5.32 Å². The summed E-state index contributed by atoms with van der Waals surface area (Å²) < 4.78 is 0. The fourth-order valence-electron chi connectivity index (χ4n) is 2.54. The molecule has 0 saturated heterocycles. The number of benzene rings is 1. The molecule has 1 heterocycles. The van der Waals surface area contributed by atoms with Gasteiger partial charge in [0, 0.05) is 23.5 Å². The van der Waals surface area contributed by atoms with E-state index in [1.54, 1.807) is 6.20 Å². The van der Waals surface area contributed by atoms with Gasteiger partial charge in [-0.05, 0) is 24.0 Å². The SMILES string of the molecule is CC(C)C[C@@H](S)C(=O)N[C@@H](Cc1c[nH]c2ccccc12)C(=O)O. The quantitative estimate of drug-likeness (QED) is 0.588. The summed E-state index contributed by atoms with van der Waals surface area (Å²) in [5, 5.41) is 12.5. The number of hydrogen-bond donors (Lipinski definition) is 4. The molecule has 0 unspecified atom stereocenters. The fourth-order valence-corrected chi connectivity index (χ4v) is 3.04. The third kappa shape index (κ3) is 4.51. The van der Waals surface area contributed by atoms with Crippen molar-refractivity contribution in [2.45, 2.75) is 38.0 Å². The van der Waals surface area contributed by atoms with E-state index in [0.29, 0.717) is 12.3 Å². The average Bonchev–Trinajstić information content (AvgIpc) is 2.89. The van der Waals surface area contributed by atoms with Crippen LogP contribution in [0.2, 0.25) is 0 Å². The Labute approximate surface area is 140 Å². The second kappa shape index (κ2) is 7.55. The molecular formula is C17H22N2O3S. The number of fused-ring (bicyclic) bond motifs is 1. The Kier molecular flexibility index (Phi) is 5.71. The van der Waals surface area contributed by atoms with E-state index in [2.05, 4.69) is 22.9 Å². The largest absolute Gasteiger partial charge is 0.480 e. The van der Waals surface area contributed by atoms with Crippen molar-refractivity contribution >= 4 is 35.4 Å². The van der Waals surface area contributed by atoms with E-state index in [9.17, 15) is 14.7 Å². The van der Waals surface area contributed by atoms with Gasteiger partial charge in [-0.1, -0.05) is 32.0 Å². The molecule has 1 amide bonds. The zero-order valence-electron chi connectivity index (χ0n) is 13.2. The Bertz CT molecular complexity index is 696. The van der Waals surface area contributed by atoms with Crippen LogP contribution in [-0.2, 0) is 16.0 Å². The number of thiol groups is 1. The number of aromatic nitrogens is 1. The van der Waals surface area contributed by atoms with Gasteiger partial charge < -0.3 is 15.4 Å². The molecule has 0 bridgehead atoms. The Balaban J connectivity index is 2.10. The van der Waals surface area contributed by atoms with Crippen LogP contribution in [0.3, 0.4) is 0 Å². The van der Waals surface area contributed by atoms with Crippen molar-refractivity contribution < 1.29 is 14.7 Å². The highest BCUT2D eigenvalue weighted by molar-refractivity contribution is 7.81. The van der Waals surface area contributed by atoms with Gasteiger partial charge in [0.1, 0.15) is 6.04 Å². The maximum Gasteiger partial charge on any atom is 0.326 e. The first-order chi connectivity index (χ1) is 10.9. The molecule has 0 aliphatic heterocycles. The maximum absolute atomic E-state index is 12.1. The molecule has 0 fully saturated rings. The number of H-pyrrole nitrogens is 1. The second-order valence-electron chi connectivity index (χ2n) is 6.11. The lowest BCUT2D eigenvalue weighted by Crippen LogP contribution is -2.45. The summed E-state index contributed by atoms with van der Waals surface area (Å²) in [4.78, 5) is 26.7. The molecule has 0 aliphatic carbocycles. The van der Waals surface area contributed by atoms with E-state index in [1.165, 1.54) is 0 Å². The number of rotatable bonds is 7. The van der Waals surface area contributed by atoms with Crippen LogP contribution in [0.25, 0.3) is 10.9 Å². The second-order valence-corrected chi connectivity index (χ2v) is 6.73. The lowest BCUT2D eigenvalue weighted by atomic mass is 10.0. The first-order valence-electron chi connectivity index (χ1n) is 7.64. The number of nitrogens with one attached hydrogen (secondary N) is 2. The number of carbonyl (C=O) groups is 2. The van der Waals surface area contributed by atoms with Crippen LogP contribution in [0.4, 0.5) is 0 Å². The molecule has 2 rings (SSSR count). The van der Waals surface area contributed by atoms with Gasteiger partial charge >= 0.3 is 5.97 Å². The molecule has 0 saturated carbocycles. The molecule has 3 N–H and O–H groups in total. The summed E-state index contributed by atoms with van der Waals surface area (Å²) in [6.07, 6.45) is 2.63. The minimum absolute atomic E-state index is 0.229. The van der Waals surface area contributed by atoms with Gasteiger partial charge in [0.15, 0.2) is 0 Å². The molecule has 1 aromatic heterocycles. The van der Waals surface area contributed by atoms with E-state index in [-0.39, 0.29) is 12.3 Å². The number of para-hydroxylation sites is 1. The molecule has 0 aliphatic rings. The molecular weight excluding hydrogens is 312 g/mol. The predicted molar refractivity (Wildman–Crippen MR) is 93.8 cm³/mol. The Morgan fingerprint density at radius 3 is 2.65 bits per heavy atom. The monoisotopic (exact) mass is 334 g/mol. The van der Waals surface area contributed by atoms with Crippen molar-refractivity contribution in [3.8, 4) is 0 Å². The van der Waals surface area contributed by atoms with Crippen molar-refractivity contribution in [3.63, 3.8) is 0 Å². The molecule has 124 valence electrons. The van der Waals surface area contributed by atoms with Gasteiger partial charge in [0.25, 0.3) is 0 Å². The zero-order valence-corrected chi connectivity index (χ0v) is 14.1. The molecule has 2 atom stereocenters. The van der Waals surface area contributed by atoms with Gasteiger partial charge in [-0.15, -0.1) is 0 Å².